The maximum atomic E-state index is 4.78. The highest BCUT2D eigenvalue weighted by Crippen LogP contribution is 2.42. The summed E-state index contributed by atoms with van der Waals surface area (Å²) < 4.78 is 2.15. The Balaban J connectivity index is 2.09. The second-order valence-corrected chi connectivity index (χ2v) is 5.58. The number of hydrogen-bond acceptors (Lipinski definition) is 2. The van der Waals surface area contributed by atoms with Crippen LogP contribution in [0, 0.1) is 0 Å². The van der Waals surface area contributed by atoms with Crippen LogP contribution in [0.2, 0.25) is 0 Å². The van der Waals surface area contributed by atoms with Gasteiger partial charge in [-0.25, -0.2) is 4.52 Å². The molecule has 3 heteroatoms. The van der Waals surface area contributed by atoms with Crippen molar-refractivity contribution >= 4 is 27.2 Å². The Morgan fingerprint density at radius 2 is 1.95 bits per heavy atom. The highest BCUT2D eigenvalue weighted by molar-refractivity contribution is 6.09. The van der Waals surface area contributed by atoms with Gasteiger partial charge >= 0.3 is 0 Å². The molecule has 0 atom stereocenters. The minimum atomic E-state index is 0.671. The largest absolute Gasteiger partial charge is 0.262 e. The lowest BCUT2D eigenvalue weighted by atomic mass is 10.1. The van der Waals surface area contributed by atoms with E-state index in [9.17, 15) is 0 Å². The van der Waals surface area contributed by atoms with Crippen molar-refractivity contribution < 1.29 is 0 Å². The van der Waals surface area contributed by atoms with Gasteiger partial charge in [0.25, 0.3) is 0 Å². The summed E-state index contributed by atoms with van der Waals surface area (Å²) in [7, 11) is 0. The molecule has 1 aliphatic rings. The zero-order valence-electron chi connectivity index (χ0n) is 11.0. The van der Waals surface area contributed by atoms with Gasteiger partial charge in [0.05, 0.1) is 11.7 Å². The van der Waals surface area contributed by atoms with Crippen LogP contribution in [0.15, 0.2) is 48.8 Å². The van der Waals surface area contributed by atoms with E-state index in [2.05, 4.69) is 45.9 Å². The van der Waals surface area contributed by atoms with E-state index in [1.54, 1.807) is 0 Å². The van der Waals surface area contributed by atoms with Crippen molar-refractivity contribution in [3.05, 3.63) is 54.5 Å². The fraction of sp³-hybridized carbons (Fsp3) is 0.176. The molecule has 0 saturated heterocycles. The van der Waals surface area contributed by atoms with Gasteiger partial charge in [-0.15, -0.1) is 0 Å². The van der Waals surface area contributed by atoms with E-state index in [4.69, 9.17) is 5.10 Å². The van der Waals surface area contributed by atoms with Crippen molar-refractivity contribution in [3.63, 3.8) is 0 Å². The number of hydrogen-bond donors (Lipinski definition) is 0. The van der Waals surface area contributed by atoms with Crippen molar-refractivity contribution in [3.8, 4) is 0 Å². The van der Waals surface area contributed by atoms with E-state index in [0.717, 1.165) is 5.52 Å². The van der Waals surface area contributed by atoms with Crippen LogP contribution in [0.5, 0.6) is 0 Å². The third-order valence-electron chi connectivity index (χ3n) is 4.23. The first-order valence-corrected chi connectivity index (χ1v) is 7.06. The molecule has 0 N–H and O–H groups in total. The molecule has 20 heavy (non-hydrogen) atoms. The molecule has 1 saturated carbocycles. The molecule has 0 bridgehead atoms. The van der Waals surface area contributed by atoms with Crippen LogP contribution >= 0.6 is 0 Å². The summed E-state index contributed by atoms with van der Waals surface area (Å²) in [5, 5.41) is 8.55. The van der Waals surface area contributed by atoms with Gasteiger partial charge in [-0.2, -0.15) is 5.10 Å². The van der Waals surface area contributed by atoms with E-state index < -0.39 is 0 Å². The summed E-state index contributed by atoms with van der Waals surface area (Å²) in [6, 6.07) is 13.0. The van der Waals surface area contributed by atoms with E-state index in [-0.39, 0.29) is 0 Å². The summed E-state index contributed by atoms with van der Waals surface area (Å²) >= 11 is 0. The standard InChI is InChI=1S/C17H13N3/c1-2-4-13-12(3-1)9-16(11-5-6-11)20-17(13)14-7-8-18-10-15(14)19-20/h1-4,7-11H,5-6H2. The van der Waals surface area contributed by atoms with Gasteiger partial charge in [-0.1, -0.05) is 24.3 Å². The highest BCUT2D eigenvalue weighted by Gasteiger charge is 2.27. The highest BCUT2D eigenvalue weighted by atomic mass is 15.2. The molecule has 0 aliphatic heterocycles. The van der Waals surface area contributed by atoms with Crippen LogP contribution in [0.3, 0.4) is 0 Å². The van der Waals surface area contributed by atoms with Gasteiger partial charge in [0, 0.05) is 28.6 Å². The van der Waals surface area contributed by atoms with Crippen LogP contribution in [0.4, 0.5) is 0 Å². The minimum Gasteiger partial charge on any atom is -0.262 e. The lowest BCUT2D eigenvalue weighted by Gasteiger charge is -2.07. The summed E-state index contributed by atoms with van der Waals surface area (Å²) in [6.07, 6.45) is 6.26. The lowest BCUT2D eigenvalue weighted by Crippen LogP contribution is -1.97. The fourth-order valence-corrected chi connectivity index (χ4v) is 3.11. The number of pyridine rings is 2. The van der Waals surface area contributed by atoms with Crippen molar-refractivity contribution in [1.82, 2.24) is 14.6 Å². The molecule has 5 rings (SSSR count). The molecule has 96 valence electrons. The molecule has 0 amide bonds. The van der Waals surface area contributed by atoms with E-state index >= 15 is 0 Å². The summed E-state index contributed by atoms with van der Waals surface area (Å²) in [5.41, 5.74) is 3.54. The van der Waals surface area contributed by atoms with Gasteiger partial charge < -0.3 is 0 Å². The fourth-order valence-electron chi connectivity index (χ4n) is 3.11. The van der Waals surface area contributed by atoms with E-state index in [1.807, 2.05) is 12.4 Å². The molecule has 0 radical (unpaired) electrons. The van der Waals surface area contributed by atoms with Gasteiger partial charge in [-0.05, 0) is 30.4 Å². The van der Waals surface area contributed by atoms with Crippen LogP contribution < -0.4 is 0 Å². The van der Waals surface area contributed by atoms with E-state index in [0.29, 0.717) is 5.92 Å². The van der Waals surface area contributed by atoms with Crippen molar-refractivity contribution in [1.29, 1.82) is 0 Å². The smallest absolute Gasteiger partial charge is 0.112 e. The Labute approximate surface area is 115 Å². The van der Waals surface area contributed by atoms with Gasteiger partial charge in [0.15, 0.2) is 0 Å². The quantitative estimate of drug-likeness (QED) is 0.518. The first kappa shape index (κ1) is 10.4. The van der Waals surface area contributed by atoms with Crippen molar-refractivity contribution in [2.75, 3.05) is 0 Å². The third kappa shape index (κ3) is 1.29. The summed E-state index contributed by atoms with van der Waals surface area (Å²) in [4.78, 5) is 4.20. The number of nitrogens with zero attached hydrogens (tertiary/aromatic N) is 3. The van der Waals surface area contributed by atoms with Crippen LogP contribution in [0.1, 0.15) is 24.5 Å². The Morgan fingerprint density at radius 3 is 2.85 bits per heavy atom. The number of aromatic nitrogens is 3. The van der Waals surface area contributed by atoms with Crippen LogP contribution in [-0.2, 0) is 0 Å². The maximum Gasteiger partial charge on any atom is 0.112 e. The van der Waals surface area contributed by atoms with Crippen LogP contribution in [0.25, 0.3) is 27.2 Å². The van der Waals surface area contributed by atoms with Gasteiger partial charge in [-0.3, -0.25) is 4.98 Å². The predicted octanol–water partition coefficient (Wildman–Crippen LogP) is 3.91. The predicted molar refractivity (Wildman–Crippen MR) is 80.0 cm³/mol. The Morgan fingerprint density at radius 1 is 1.05 bits per heavy atom. The third-order valence-corrected chi connectivity index (χ3v) is 4.23. The summed E-state index contributed by atoms with van der Waals surface area (Å²) in [6.45, 7) is 0. The molecular weight excluding hydrogens is 246 g/mol. The number of benzene rings is 1. The molecule has 1 fully saturated rings. The maximum absolute atomic E-state index is 4.78. The SMILES string of the molecule is c1ccc2c(c1)cc(C1CC1)n1nc3cnccc3c21. The molecule has 0 spiro atoms. The van der Waals surface area contributed by atoms with Gasteiger partial charge in [0.1, 0.15) is 5.52 Å². The van der Waals surface area contributed by atoms with E-state index in [1.165, 1.54) is 40.2 Å². The lowest BCUT2D eigenvalue weighted by molar-refractivity contribution is 0.874. The molecule has 3 aromatic heterocycles. The topological polar surface area (TPSA) is 30.2 Å². The molecule has 0 unspecified atom stereocenters. The Hall–Kier alpha value is -2.42. The molecule has 3 heterocycles. The van der Waals surface area contributed by atoms with Crippen LogP contribution in [-0.4, -0.2) is 14.6 Å². The normalized spacial score (nSPS) is 15.4. The molecule has 4 aromatic rings. The Kier molecular flexibility index (Phi) is 1.85. The number of rotatable bonds is 1. The van der Waals surface area contributed by atoms with Gasteiger partial charge in [0.2, 0.25) is 0 Å². The average Bonchev–Trinajstić information content (AvgIpc) is 3.26. The first-order chi connectivity index (χ1) is 9.92. The zero-order chi connectivity index (χ0) is 13.1. The first-order valence-electron chi connectivity index (χ1n) is 7.06. The molecule has 1 aromatic carbocycles. The molecule has 3 nitrogen and oxygen atoms in total. The zero-order valence-corrected chi connectivity index (χ0v) is 11.0. The second-order valence-electron chi connectivity index (χ2n) is 5.58. The second kappa shape index (κ2) is 3.57. The minimum absolute atomic E-state index is 0.671. The molecular formula is C17H13N3. The number of fused-ring (bicyclic) bond motifs is 5. The monoisotopic (exact) mass is 259 g/mol. The Bertz CT molecular complexity index is 964. The average molecular weight is 259 g/mol. The van der Waals surface area contributed by atoms with Crippen molar-refractivity contribution in [2.45, 2.75) is 18.8 Å². The summed E-state index contributed by atoms with van der Waals surface area (Å²) in [5.74, 6) is 0.671. The molecule has 1 aliphatic carbocycles. The van der Waals surface area contributed by atoms with Crippen molar-refractivity contribution in [2.24, 2.45) is 0 Å².